The number of para-hydroxylation sites is 1. The van der Waals surface area contributed by atoms with Gasteiger partial charge in [0.1, 0.15) is 5.82 Å². The van der Waals surface area contributed by atoms with E-state index in [1.165, 1.54) is 5.56 Å². The molecule has 4 aromatic carbocycles. The number of amides is 2. The van der Waals surface area contributed by atoms with E-state index in [1.54, 1.807) is 0 Å². The number of nitrogens with zero attached hydrogens (tertiary/aromatic N) is 1. The predicted molar refractivity (Wildman–Crippen MR) is 141 cm³/mol. The number of aromatic amines is 1. The number of H-pyrrole nitrogens is 1. The summed E-state index contributed by atoms with van der Waals surface area (Å²) in [6, 6.07) is 32.8. The number of rotatable bonds is 5. The van der Waals surface area contributed by atoms with Gasteiger partial charge in [-0.1, -0.05) is 72.8 Å². The van der Waals surface area contributed by atoms with Crippen molar-refractivity contribution in [2.75, 3.05) is 5.32 Å². The normalized spacial score (nSPS) is 16.7. The van der Waals surface area contributed by atoms with Crippen LogP contribution in [0.1, 0.15) is 23.5 Å². The molecule has 1 aliphatic rings. The van der Waals surface area contributed by atoms with Crippen molar-refractivity contribution < 1.29 is 4.79 Å². The van der Waals surface area contributed by atoms with Crippen LogP contribution in [0.5, 0.6) is 0 Å². The van der Waals surface area contributed by atoms with Gasteiger partial charge in [-0.15, -0.1) is 0 Å². The molecule has 6 rings (SSSR count). The Labute approximate surface area is 204 Å². The van der Waals surface area contributed by atoms with Crippen LogP contribution >= 0.6 is 0 Å². The number of fused-ring (bicyclic) bond motifs is 1. The van der Waals surface area contributed by atoms with Crippen LogP contribution in [0.3, 0.4) is 0 Å². The van der Waals surface area contributed by atoms with Crippen LogP contribution in [0.4, 0.5) is 10.5 Å². The molecule has 3 N–H and O–H groups in total. The van der Waals surface area contributed by atoms with E-state index in [2.05, 4.69) is 65.0 Å². The minimum absolute atomic E-state index is 0.164. The summed E-state index contributed by atoms with van der Waals surface area (Å²) in [7, 11) is 0. The van der Waals surface area contributed by atoms with Crippen LogP contribution in [0.2, 0.25) is 0 Å². The zero-order chi connectivity index (χ0) is 23.8. The maximum atomic E-state index is 12.5. The molecule has 5 heteroatoms. The number of carbonyl (C=O) groups is 1. The molecule has 1 heterocycles. The van der Waals surface area contributed by atoms with Crippen molar-refractivity contribution in [3.8, 4) is 22.5 Å². The van der Waals surface area contributed by atoms with Gasteiger partial charge in [0.15, 0.2) is 0 Å². The molecule has 0 spiro atoms. The first kappa shape index (κ1) is 21.2. The molecule has 1 aliphatic carbocycles. The second kappa shape index (κ2) is 8.76. The second-order valence-electron chi connectivity index (χ2n) is 9.17. The third-order valence-electron chi connectivity index (χ3n) is 6.66. The molecule has 0 saturated heterocycles. The maximum absolute atomic E-state index is 12.5. The standard InChI is InChI=1S/C30H26N4O/c1-19-7-5-12-26-28(19)34-29(32-26)23-11-6-10-22(17-23)20-13-15-24(16-14-20)31-30(35)33-27-18-25(27)21-8-3-2-4-9-21/h2-17,25,27H,18H2,1H3,(H,32,34)(H2,31,33,35)/t25-,27+/m0/s1. The number of imidazole rings is 1. The van der Waals surface area contributed by atoms with Crippen LogP contribution in [0.25, 0.3) is 33.5 Å². The summed E-state index contributed by atoms with van der Waals surface area (Å²) < 4.78 is 0. The molecule has 0 aliphatic heterocycles. The van der Waals surface area contributed by atoms with E-state index in [1.807, 2.05) is 54.6 Å². The Morgan fingerprint density at radius 1 is 0.857 bits per heavy atom. The Morgan fingerprint density at radius 3 is 2.43 bits per heavy atom. The molecular formula is C30H26N4O. The first-order valence-electron chi connectivity index (χ1n) is 11.9. The van der Waals surface area contributed by atoms with Gasteiger partial charge in [0.2, 0.25) is 0 Å². The highest BCUT2D eigenvalue weighted by atomic mass is 16.2. The second-order valence-corrected chi connectivity index (χ2v) is 9.17. The quantitative estimate of drug-likeness (QED) is 0.269. The minimum atomic E-state index is -0.164. The SMILES string of the molecule is Cc1cccc2[nH]c(-c3cccc(-c4ccc(NC(=O)N[C@@H]5C[C@H]5c5ccccc5)cc4)c3)nc12. The lowest BCUT2D eigenvalue weighted by atomic mass is 10.0. The molecule has 2 amide bonds. The van der Waals surface area contributed by atoms with Gasteiger partial charge in [0, 0.05) is 23.2 Å². The number of carbonyl (C=O) groups excluding carboxylic acids is 1. The van der Waals surface area contributed by atoms with E-state index in [0.29, 0.717) is 5.92 Å². The summed E-state index contributed by atoms with van der Waals surface area (Å²) in [6.07, 6.45) is 0.984. The molecule has 0 unspecified atom stereocenters. The fraction of sp³-hybridized carbons (Fsp3) is 0.133. The largest absolute Gasteiger partial charge is 0.338 e. The monoisotopic (exact) mass is 458 g/mol. The molecule has 1 fully saturated rings. The number of hydrogen-bond acceptors (Lipinski definition) is 2. The van der Waals surface area contributed by atoms with Gasteiger partial charge < -0.3 is 15.6 Å². The molecule has 5 aromatic rings. The molecule has 0 bridgehead atoms. The van der Waals surface area contributed by atoms with Crippen LogP contribution < -0.4 is 10.6 Å². The number of benzene rings is 4. The van der Waals surface area contributed by atoms with Crippen molar-refractivity contribution in [3.05, 3.63) is 108 Å². The van der Waals surface area contributed by atoms with Crippen molar-refractivity contribution in [1.29, 1.82) is 0 Å². The third-order valence-corrected chi connectivity index (χ3v) is 6.66. The number of nitrogens with one attached hydrogen (secondary N) is 3. The van der Waals surface area contributed by atoms with E-state index >= 15 is 0 Å². The first-order valence-corrected chi connectivity index (χ1v) is 11.9. The average molecular weight is 459 g/mol. The number of urea groups is 1. The Balaban J connectivity index is 1.13. The highest BCUT2D eigenvalue weighted by Crippen LogP contribution is 2.40. The molecule has 0 radical (unpaired) electrons. The van der Waals surface area contributed by atoms with Gasteiger partial charge in [-0.2, -0.15) is 0 Å². The lowest BCUT2D eigenvalue weighted by molar-refractivity contribution is 0.251. The van der Waals surface area contributed by atoms with Gasteiger partial charge in [-0.25, -0.2) is 9.78 Å². The highest BCUT2D eigenvalue weighted by molar-refractivity contribution is 5.90. The summed E-state index contributed by atoms with van der Waals surface area (Å²) in [6.45, 7) is 2.07. The van der Waals surface area contributed by atoms with Gasteiger partial charge in [-0.3, -0.25) is 0 Å². The van der Waals surface area contributed by atoms with Crippen molar-refractivity contribution in [1.82, 2.24) is 15.3 Å². The smallest absolute Gasteiger partial charge is 0.319 e. The lowest BCUT2D eigenvalue weighted by Gasteiger charge is -2.09. The summed E-state index contributed by atoms with van der Waals surface area (Å²) >= 11 is 0. The van der Waals surface area contributed by atoms with Crippen molar-refractivity contribution in [3.63, 3.8) is 0 Å². The molecule has 1 aromatic heterocycles. The molecule has 2 atom stereocenters. The number of aryl methyl sites for hydroxylation is 1. The predicted octanol–water partition coefficient (Wildman–Crippen LogP) is 6.88. The van der Waals surface area contributed by atoms with Gasteiger partial charge in [0.05, 0.1) is 11.0 Å². The summed E-state index contributed by atoms with van der Waals surface area (Å²) in [5.41, 5.74) is 8.47. The molecule has 35 heavy (non-hydrogen) atoms. The molecule has 172 valence electrons. The van der Waals surface area contributed by atoms with Crippen LogP contribution in [-0.4, -0.2) is 22.0 Å². The van der Waals surface area contributed by atoms with E-state index in [0.717, 1.165) is 51.2 Å². The lowest BCUT2D eigenvalue weighted by Crippen LogP contribution is -2.31. The van der Waals surface area contributed by atoms with E-state index in [-0.39, 0.29) is 12.1 Å². The van der Waals surface area contributed by atoms with E-state index < -0.39 is 0 Å². The van der Waals surface area contributed by atoms with Gasteiger partial charge >= 0.3 is 6.03 Å². The van der Waals surface area contributed by atoms with Crippen molar-refractivity contribution in [2.45, 2.75) is 25.3 Å². The summed E-state index contributed by atoms with van der Waals surface area (Å²) in [4.78, 5) is 20.7. The Kier molecular flexibility index (Phi) is 5.30. The Bertz CT molecular complexity index is 1500. The first-order chi connectivity index (χ1) is 17.1. The Morgan fingerprint density at radius 2 is 1.63 bits per heavy atom. The van der Waals surface area contributed by atoms with Crippen LogP contribution in [-0.2, 0) is 0 Å². The van der Waals surface area contributed by atoms with Crippen LogP contribution in [0.15, 0.2) is 97.1 Å². The number of anilines is 1. The van der Waals surface area contributed by atoms with Crippen molar-refractivity contribution in [2.24, 2.45) is 0 Å². The van der Waals surface area contributed by atoms with Crippen molar-refractivity contribution >= 4 is 22.8 Å². The number of aromatic nitrogens is 2. The average Bonchev–Trinajstić information content (AvgIpc) is 3.50. The van der Waals surface area contributed by atoms with Gasteiger partial charge in [0.25, 0.3) is 0 Å². The number of hydrogen-bond donors (Lipinski definition) is 3. The topological polar surface area (TPSA) is 69.8 Å². The van der Waals surface area contributed by atoms with Crippen LogP contribution in [0, 0.1) is 6.92 Å². The fourth-order valence-electron chi connectivity index (χ4n) is 4.66. The Hall–Kier alpha value is -4.38. The van der Waals surface area contributed by atoms with Gasteiger partial charge in [-0.05, 0) is 59.9 Å². The molecule has 5 nitrogen and oxygen atoms in total. The molecule has 1 saturated carbocycles. The third kappa shape index (κ3) is 4.41. The zero-order valence-electron chi connectivity index (χ0n) is 19.5. The fourth-order valence-corrected chi connectivity index (χ4v) is 4.66. The summed E-state index contributed by atoms with van der Waals surface area (Å²) in [5, 5.41) is 6.03. The molecular weight excluding hydrogens is 432 g/mol. The minimum Gasteiger partial charge on any atom is -0.338 e. The zero-order valence-corrected chi connectivity index (χ0v) is 19.5. The maximum Gasteiger partial charge on any atom is 0.319 e. The van der Waals surface area contributed by atoms with E-state index in [9.17, 15) is 4.79 Å². The highest BCUT2D eigenvalue weighted by Gasteiger charge is 2.39. The summed E-state index contributed by atoms with van der Waals surface area (Å²) in [5.74, 6) is 1.27. The van der Waals surface area contributed by atoms with E-state index in [4.69, 9.17) is 4.98 Å².